The molecular formula is C15H10BrNO6. The van der Waals surface area contributed by atoms with Crippen molar-refractivity contribution in [3.8, 4) is 5.75 Å². The van der Waals surface area contributed by atoms with Gasteiger partial charge in [0.15, 0.2) is 11.3 Å². The van der Waals surface area contributed by atoms with Crippen LogP contribution in [-0.2, 0) is 6.42 Å². The summed E-state index contributed by atoms with van der Waals surface area (Å²) in [4.78, 5) is 22.1. The molecule has 0 fully saturated rings. The van der Waals surface area contributed by atoms with Crippen LogP contribution in [0.4, 0.5) is 5.88 Å². The zero-order chi connectivity index (χ0) is 16.6. The van der Waals surface area contributed by atoms with Crippen molar-refractivity contribution in [3.05, 3.63) is 66.7 Å². The number of ether oxygens (including phenoxy) is 1. The molecule has 2 aromatic heterocycles. The van der Waals surface area contributed by atoms with Crippen LogP contribution in [0.5, 0.6) is 5.75 Å². The van der Waals surface area contributed by atoms with Crippen molar-refractivity contribution in [1.82, 2.24) is 0 Å². The molecule has 23 heavy (non-hydrogen) atoms. The number of halogens is 1. The third kappa shape index (κ3) is 2.98. The van der Waals surface area contributed by atoms with Gasteiger partial charge in [-0.15, -0.1) is 0 Å². The van der Waals surface area contributed by atoms with Crippen LogP contribution in [0.3, 0.4) is 0 Å². The third-order valence-corrected chi connectivity index (χ3v) is 3.70. The zero-order valence-corrected chi connectivity index (χ0v) is 13.5. The molecule has 0 radical (unpaired) electrons. The molecule has 118 valence electrons. The number of fused-ring (bicyclic) bond motifs is 1. The standard InChI is InChI=1S/C15H10BrNO6/c1-21-12-7-10(16)5-8-4-9(15(18)23-14(8)12)6-11-2-3-13(22-11)17(19)20/h2-5,7H,6H2,1H3. The minimum absolute atomic E-state index is 0.0982. The number of methoxy groups -OCH3 is 1. The lowest BCUT2D eigenvalue weighted by molar-refractivity contribution is -0.402. The van der Waals surface area contributed by atoms with E-state index in [1.54, 1.807) is 18.2 Å². The highest BCUT2D eigenvalue weighted by Crippen LogP contribution is 2.30. The van der Waals surface area contributed by atoms with Crippen molar-refractivity contribution in [2.45, 2.75) is 6.42 Å². The molecule has 8 heteroatoms. The van der Waals surface area contributed by atoms with Gasteiger partial charge in [0, 0.05) is 21.8 Å². The monoisotopic (exact) mass is 379 g/mol. The van der Waals surface area contributed by atoms with E-state index in [1.165, 1.54) is 19.2 Å². The fourth-order valence-corrected chi connectivity index (χ4v) is 2.69. The summed E-state index contributed by atoms with van der Waals surface area (Å²) in [5.74, 6) is 0.381. The Kier molecular flexibility index (Phi) is 3.91. The number of rotatable bonds is 4. The van der Waals surface area contributed by atoms with Gasteiger partial charge in [-0.05, 0) is 24.3 Å². The average molecular weight is 380 g/mol. The molecule has 0 saturated heterocycles. The van der Waals surface area contributed by atoms with Gasteiger partial charge in [0.05, 0.1) is 13.2 Å². The molecule has 0 aliphatic carbocycles. The lowest BCUT2D eigenvalue weighted by Crippen LogP contribution is -2.07. The first kappa shape index (κ1) is 15.3. The molecule has 0 amide bonds. The molecule has 1 aromatic carbocycles. The summed E-state index contributed by atoms with van der Waals surface area (Å²) in [7, 11) is 1.48. The fourth-order valence-electron chi connectivity index (χ4n) is 2.23. The molecular weight excluding hydrogens is 370 g/mol. The Balaban J connectivity index is 2.05. The smallest absolute Gasteiger partial charge is 0.433 e. The summed E-state index contributed by atoms with van der Waals surface area (Å²) in [5, 5.41) is 11.3. The number of nitrogens with zero attached hydrogens (tertiary/aromatic N) is 1. The van der Waals surface area contributed by atoms with E-state index in [0.29, 0.717) is 28.0 Å². The Morgan fingerprint density at radius 3 is 2.70 bits per heavy atom. The molecule has 0 spiro atoms. The molecule has 0 N–H and O–H groups in total. The van der Waals surface area contributed by atoms with Crippen LogP contribution in [-0.4, -0.2) is 12.0 Å². The van der Waals surface area contributed by atoms with Gasteiger partial charge < -0.3 is 13.6 Å². The number of furan rings is 1. The summed E-state index contributed by atoms with van der Waals surface area (Å²) < 4.78 is 16.4. The highest BCUT2D eigenvalue weighted by Gasteiger charge is 2.15. The second-order valence-electron chi connectivity index (χ2n) is 4.76. The molecule has 2 heterocycles. The number of hydrogen-bond donors (Lipinski definition) is 0. The van der Waals surface area contributed by atoms with Gasteiger partial charge in [-0.2, -0.15) is 0 Å². The van der Waals surface area contributed by atoms with Crippen LogP contribution in [0, 0.1) is 10.1 Å². The SMILES string of the molecule is COc1cc(Br)cc2cc(Cc3ccc([N+](=O)[O-])o3)c(=O)oc12. The number of benzene rings is 1. The van der Waals surface area contributed by atoms with Gasteiger partial charge in [0.2, 0.25) is 0 Å². The number of hydrogen-bond acceptors (Lipinski definition) is 6. The van der Waals surface area contributed by atoms with Crippen molar-refractivity contribution < 1.29 is 18.5 Å². The van der Waals surface area contributed by atoms with Crippen LogP contribution in [0.1, 0.15) is 11.3 Å². The van der Waals surface area contributed by atoms with E-state index in [1.807, 2.05) is 0 Å². The van der Waals surface area contributed by atoms with E-state index in [4.69, 9.17) is 13.6 Å². The normalized spacial score (nSPS) is 10.9. The number of nitro groups is 1. The minimum Gasteiger partial charge on any atom is -0.493 e. The quantitative estimate of drug-likeness (QED) is 0.389. The third-order valence-electron chi connectivity index (χ3n) is 3.25. The molecule has 0 unspecified atom stereocenters. The van der Waals surface area contributed by atoms with Crippen LogP contribution >= 0.6 is 15.9 Å². The first-order valence-electron chi connectivity index (χ1n) is 6.51. The Bertz CT molecular complexity index is 958. The zero-order valence-electron chi connectivity index (χ0n) is 11.9. The van der Waals surface area contributed by atoms with Gasteiger partial charge in [0.1, 0.15) is 10.7 Å². The summed E-state index contributed by atoms with van der Waals surface area (Å²) >= 11 is 3.36. The lowest BCUT2D eigenvalue weighted by atomic mass is 10.1. The van der Waals surface area contributed by atoms with Crippen LogP contribution in [0.25, 0.3) is 11.0 Å². The molecule has 0 saturated carbocycles. The van der Waals surface area contributed by atoms with E-state index in [-0.39, 0.29) is 12.3 Å². The van der Waals surface area contributed by atoms with Crippen molar-refractivity contribution in [2.24, 2.45) is 0 Å². The van der Waals surface area contributed by atoms with Crippen LogP contribution in [0.15, 0.2) is 48.4 Å². The molecule has 7 nitrogen and oxygen atoms in total. The Labute approximate surface area is 137 Å². The van der Waals surface area contributed by atoms with Crippen LogP contribution < -0.4 is 10.4 Å². The maximum atomic E-state index is 12.1. The second-order valence-corrected chi connectivity index (χ2v) is 5.68. The van der Waals surface area contributed by atoms with Crippen molar-refractivity contribution >= 4 is 32.8 Å². The molecule has 0 aliphatic rings. The topological polar surface area (TPSA) is 95.7 Å². The van der Waals surface area contributed by atoms with E-state index >= 15 is 0 Å². The van der Waals surface area contributed by atoms with E-state index < -0.39 is 10.5 Å². The molecule has 3 rings (SSSR count). The first-order valence-corrected chi connectivity index (χ1v) is 7.30. The maximum absolute atomic E-state index is 12.1. The van der Waals surface area contributed by atoms with Gasteiger partial charge >= 0.3 is 11.5 Å². The molecule has 0 aliphatic heterocycles. The van der Waals surface area contributed by atoms with Crippen molar-refractivity contribution in [3.63, 3.8) is 0 Å². The van der Waals surface area contributed by atoms with Gasteiger partial charge in [-0.3, -0.25) is 10.1 Å². The fraction of sp³-hybridized carbons (Fsp3) is 0.133. The summed E-state index contributed by atoms with van der Waals surface area (Å²) in [5.41, 5.74) is 0.133. The summed E-state index contributed by atoms with van der Waals surface area (Å²) in [6, 6.07) is 7.85. The Hall–Kier alpha value is -2.61. The largest absolute Gasteiger partial charge is 0.493 e. The van der Waals surface area contributed by atoms with Gasteiger partial charge in [-0.1, -0.05) is 15.9 Å². The second kappa shape index (κ2) is 5.88. The van der Waals surface area contributed by atoms with E-state index in [0.717, 1.165) is 4.47 Å². The highest BCUT2D eigenvalue weighted by atomic mass is 79.9. The molecule has 3 aromatic rings. The predicted octanol–water partition coefficient (Wildman–Crippen LogP) is 3.66. The average Bonchev–Trinajstić information content (AvgIpc) is 2.96. The van der Waals surface area contributed by atoms with Crippen molar-refractivity contribution in [2.75, 3.05) is 7.11 Å². The summed E-state index contributed by atoms with van der Waals surface area (Å²) in [6.45, 7) is 0. The maximum Gasteiger partial charge on any atom is 0.433 e. The highest BCUT2D eigenvalue weighted by molar-refractivity contribution is 9.10. The summed E-state index contributed by atoms with van der Waals surface area (Å²) in [6.07, 6.45) is 0.0982. The predicted molar refractivity (Wildman–Crippen MR) is 84.9 cm³/mol. The molecule has 0 bridgehead atoms. The lowest BCUT2D eigenvalue weighted by Gasteiger charge is -2.06. The van der Waals surface area contributed by atoms with Gasteiger partial charge in [-0.25, -0.2) is 4.79 Å². The van der Waals surface area contributed by atoms with E-state index in [9.17, 15) is 14.9 Å². The Morgan fingerprint density at radius 2 is 2.04 bits per heavy atom. The Morgan fingerprint density at radius 1 is 1.26 bits per heavy atom. The van der Waals surface area contributed by atoms with E-state index in [2.05, 4.69) is 15.9 Å². The first-order chi connectivity index (χ1) is 11.0. The van der Waals surface area contributed by atoms with Gasteiger partial charge in [0.25, 0.3) is 0 Å². The van der Waals surface area contributed by atoms with Crippen molar-refractivity contribution in [1.29, 1.82) is 0 Å². The molecule has 0 atom stereocenters. The minimum atomic E-state index is -0.631. The van der Waals surface area contributed by atoms with Crippen LogP contribution in [0.2, 0.25) is 0 Å².